The van der Waals surface area contributed by atoms with E-state index in [1.54, 1.807) is 6.07 Å². The highest BCUT2D eigenvalue weighted by Gasteiger charge is 2.25. The van der Waals surface area contributed by atoms with E-state index in [4.69, 9.17) is 5.73 Å². The van der Waals surface area contributed by atoms with Gasteiger partial charge in [0.15, 0.2) is 5.69 Å². The second-order valence-electron chi connectivity index (χ2n) is 5.31. The summed E-state index contributed by atoms with van der Waals surface area (Å²) in [6.07, 6.45) is 0.942. The van der Waals surface area contributed by atoms with Gasteiger partial charge in [-0.1, -0.05) is 23.8 Å². The lowest BCUT2D eigenvalue weighted by Gasteiger charge is -2.27. The zero-order chi connectivity index (χ0) is 14.3. The van der Waals surface area contributed by atoms with E-state index in [1.165, 1.54) is 16.7 Å². The Balaban J connectivity index is 2.09. The Kier molecular flexibility index (Phi) is 2.97. The minimum atomic E-state index is -0.492. The Bertz CT molecular complexity index is 675. The van der Waals surface area contributed by atoms with Gasteiger partial charge in [-0.25, -0.2) is 4.68 Å². The van der Waals surface area contributed by atoms with Crippen molar-refractivity contribution in [2.45, 2.75) is 26.3 Å². The number of nitrogens with two attached hydrogens (primary N) is 1. The molecule has 0 radical (unpaired) electrons. The minimum absolute atomic E-state index is 0.152. The number of carbonyl (C=O) groups is 1. The van der Waals surface area contributed by atoms with E-state index >= 15 is 0 Å². The van der Waals surface area contributed by atoms with Crippen molar-refractivity contribution in [2.24, 2.45) is 5.73 Å². The molecular weight excluding hydrogens is 252 g/mol. The first kappa shape index (κ1) is 12.7. The first-order valence-corrected chi connectivity index (χ1v) is 6.76. The monoisotopic (exact) mass is 270 g/mol. The zero-order valence-electron chi connectivity index (χ0n) is 11.7. The van der Waals surface area contributed by atoms with Crippen molar-refractivity contribution < 1.29 is 4.79 Å². The molecule has 1 atom stereocenters. The molecule has 1 unspecified atom stereocenters. The standard InChI is InChI=1S/C15H18N4O/c1-9-3-4-10(2)11(7-9)13-5-6-17-14-8-12(15(16)20)18-19(13)14/h3-4,7-8,13,17H,5-6H2,1-2H3,(H2,16,20). The molecule has 0 aliphatic carbocycles. The Labute approximate surface area is 117 Å². The molecule has 3 N–H and O–H groups in total. The largest absolute Gasteiger partial charge is 0.370 e. The SMILES string of the molecule is Cc1ccc(C)c(C2CCNc3cc(C(N)=O)nn32)c1. The maximum Gasteiger partial charge on any atom is 0.269 e. The second kappa shape index (κ2) is 4.67. The fraction of sp³-hybridized carbons (Fsp3) is 0.333. The van der Waals surface area contributed by atoms with E-state index in [2.05, 4.69) is 42.5 Å². The molecule has 5 nitrogen and oxygen atoms in total. The van der Waals surface area contributed by atoms with Crippen LogP contribution >= 0.6 is 0 Å². The predicted octanol–water partition coefficient (Wildman–Crippen LogP) is 2.00. The van der Waals surface area contributed by atoms with Crippen molar-refractivity contribution in [1.29, 1.82) is 0 Å². The molecule has 3 rings (SSSR count). The fourth-order valence-corrected chi connectivity index (χ4v) is 2.75. The number of fused-ring (bicyclic) bond motifs is 1. The van der Waals surface area contributed by atoms with Crippen LogP contribution in [0.15, 0.2) is 24.3 Å². The first-order chi connectivity index (χ1) is 9.56. The van der Waals surface area contributed by atoms with Crippen LogP contribution in [0.5, 0.6) is 0 Å². The fourth-order valence-electron chi connectivity index (χ4n) is 2.75. The molecule has 1 aliphatic heterocycles. The summed E-state index contributed by atoms with van der Waals surface area (Å²) in [6, 6.07) is 8.31. The van der Waals surface area contributed by atoms with Crippen molar-refractivity contribution in [2.75, 3.05) is 11.9 Å². The van der Waals surface area contributed by atoms with Gasteiger partial charge in [-0.05, 0) is 31.4 Å². The molecule has 1 aliphatic rings. The number of nitrogens with one attached hydrogen (secondary N) is 1. The number of benzene rings is 1. The molecule has 0 saturated carbocycles. The van der Waals surface area contributed by atoms with Crippen molar-refractivity contribution >= 4 is 11.7 Å². The molecular formula is C15H18N4O. The molecule has 2 heterocycles. The number of hydrogen-bond donors (Lipinski definition) is 2. The van der Waals surface area contributed by atoms with Crippen LogP contribution in [0.1, 0.15) is 39.6 Å². The van der Waals surface area contributed by atoms with Crippen LogP contribution in [0.2, 0.25) is 0 Å². The second-order valence-corrected chi connectivity index (χ2v) is 5.31. The van der Waals surface area contributed by atoms with Crippen LogP contribution in [0.25, 0.3) is 0 Å². The summed E-state index contributed by atoms with van der Waals surface area (Å²) < 4.78 is 1.88. The van der Waals surface area contributed by atoms with Gasteiger partial charge in [-0.3, -0.25) is 4.79 Å². The van der Waals surface area contributed by atoms with Crippen LogP contribution in [0, 0.1) is 13.8 Å². The Morgan fingerprint density at radius 3 is 2.95 bits per heavy atom. The number of amides is 1. The average Bonchev–Trinajstić information content (AvgIpc) is 2.85. The molecule has 0 bridgehead atoms. The van der Waals surface area contributed by atoms with Crippen LogP contribution in [-0.2, 0) is 0 Å². The molecule has 1 amide bonds. The van der Waals surface area contributed by atoms with Crippen LogP contribution in [-0.4, -0.2) is 22.2 Å². The van der Waals surface area contributed by atoms with E-state index in [1.807, 2.05) is 4.68 Å². The highest BCUT2D eigenvalue weighted by Crippen LogP contribution is 2.32. The molecule has 0 fully saturated rings. The van der Waals surface area contributed by atoms with E-state index in [9.17, 15) is 4.79 Å². The number of rotatable bonds is 2. The van der Waals surface area contributed by atoms with Crippen molar-refractivity contribution in [3.8, 4) is 0 Å². The quantitative estimate of drug-likeness (QED) is 0.876. The smallest absolute Gasteiger partial charge is 0.269 e. The van der Waals surface area contributed by atoms with Gasteiger partial charge in [0.25, 0.3) is 5.91 Å². The number of aryl methyl sites for hydroxylation is 2. The Hall–Kier alpha value is -2.30. The van der Waals surface area contributed by atoms with Gasteiger partial charge >= 0.3 is 0 Å². The summed E-state index contributed by atoms with van der Waals surface area (Å²) in [5, 5.41) is 7.62. The highest BCUT2D eigenvalue weighted by atomic mass is 16.1. The van der Waals surface area contributed by atoms with Crippen LogP contribution in [0.4, 0.5) is 5.82 Å². The molecule has 104 valence electrons. The third kappa shape index (κ3) is 2.05. The number of aromatic nitrogens is 2. The zero-order valence-corrected chi connectivity index (χ0v) is 11.7. The number of primary amides is 1. The van der Waals surface area contributed by atoms with Crippen molar-refractivity contribution in [3.05, 3.63) is 46.6 Å². The Morgan fingerprint density at radius 2 is 2.20 bits per heavy atom. The van der Waals surface area contributed by atoms with E-state index in [0.717, 1.165) is 18.8 Å². The number of anilines is 1. The van der Waals surface area contributed by atoms with Crippen LogP contribution in [0.3, 0.4) is 0 Å². The molecule has 1 aromatic heterocycles. The van der Waals surface area contributed by atoms with Crippen LogP contribution < -0.4 is 11.1 Å². The van der Waals surface area contributed by atoms with Gasteiger partial charge in [0.05, 0.1) is 6.04 Å². The Morgan fingerprint density at radius 1 is 1.40 bits per heavy atom. The summed E-state index contributed by atoms with van der Waals surface area (Å²) in [7, 11) is 0. The van der Waals surface area contributed by atoms with Crippen molar-refractivity contribution in [1.82, 2.24) is 9.78 Å². The van der Waals surface area contributed by atoms with Gasteiger partial charge in [-0.2, -0.15) is 5.10 Å². The number of carbonyl (C=O) groups excluding carboxylic acids is 1. The average molecular weight is 270 g/mol. The van der Waals surface area contributed by atoms with Gasteiger partial charge in [0, 0.05) is 12.6 Å². The molecule has 0 saturated heterocycles. The minimum Gasteiger partial charge on any atom is -0.370 e. The van der Waals surface area contributed by atoms with Crippen molar-refractivity contribution in [3.63, 3.8) is 0 Å². The summed E-state index contributed by atoms with van der Waals surface area (Å²) >= 11 is 0. The molecule has 20 heavy (non-hydrogen) atoms. The predicted molar refractivity (Wildman–Crippen MR) is 77.9 cm³/mol. The summed E-state index contributed by atoms with van der Waals surface area (Å²) in [4.78, 5) is 11.3. The molecule has 0 spiro atoms. The topological polar surface area (TPSA) is 72.9 Å². The number of hydrogen-bond acceptors (Lipinski definition) is 3. The summed E-state index contributed by atoms with van der Waals surface area (Å²) in [5.74, 6) is 0.365. The van der Waals surface area contributed by atoms with E-state index in [0.29, 0.717) is 5.69 Å². The lowest BCUT2D eigenvalue weighted by Crippen LogP contribution is -2.25. The van der Waals surface area contributed by atoms with E-state index in [-0.39, 0.29) is 6.04 Å². The third-order valence-electron chi connectivity index (χ3n) is 3.80. The lowest BCUT2D eigenvalue weighted by atomic mass is 9.96. The maximum absolute atomic E-state index is 11.3. The van der Waals surface area contributed by atoms with Gasteiger partial charge < -0.3 is 11.1 Å². The normalized spacial score (nSPS) is 17.4. The summed E-state index contributed by atoms with van der Waals surface area (Å²) in [5.41, 5.74) is 9.36. The maximum atomic E-state index is 11.3. The molecule has 5 heteroatoms. The molecule has 2 aromatic rings. The van der Waals surface area contributed by atoms with E-state index < -0.39 is 5.91 Å². The lowest BCUT2D eigenvalue weighted by molar-refractivity contribution is 0.0994. The van der Waals surface area contributed by atoms with Gasteiger partial charge in [0.1, 0.15) is 5.82 Å². The van der Waals surface area contributed by atoms with Gasteiger partial charge in [0.2, 0.25) is 0 Å². The molecule has 1 aromatic carbocycles. The first-order valence-electron chi connectivity index (χ1n) is 6.76. The third-order valence-corrected chi connectivity index (χ3v) is 3.80. The highest BCUT2D eigenvalue weighted by molar-refractivity contribution is 5.91. The number of nitrogens with zero attached hydrogens (tertiary/aromatic N) is 2. The summed E-state index contributed by atoms with van der Waals surface area (Å²) in [6.45, 7) is 5.06. The van der Waals surface area contributed by atoms with Gasteiger partial charge in [-0.15, -0.1) is 0 Å².